The second-order valence-electron chi connectivity index (χ2n) is 5.11. The highest BCUT2D eigenvalue weighted by Gasteiger charge is 2.16. The molecule has 0 fully saturated rings. The Morgan fingerprint density at radius 3 is 2.52 bits per heavy atom. The Labute approximate surface area is 132 Å². The van der Waals surface area contributed by atoms with Crippen LogP contribution in [0.1, 0.15) is 17.3 Å². The molecule has 6 heteroatoms. The summed E-state index contributed by atoms with van der Waals surface area (Å²) in [5.41, 5.74) is 7.22. The number of ether oxygens (including phenoxy) is 1. The number of carbonyl (C=O) groups is 2. The van der Waals surface area contributed by atoms with E-state index in [1.807, 2.05) is 24.3 Å². The van der Waals surface area contributed by atoms with Gasteiger partial charge >= 0.3 is 5.97 Å². The third kappa shape index (κ3) is 2.91. The summed E-state index contributed by atoms with van der Waals surface area (Å²) >= 11 is 0. The quantitative estimate of drug-likeness (QED) is 0.747. The monoisotopic (exact) mass is 309 g/mol. The Kier molecular flexibility index (Phi) is 3.80. The van der Waals surface area contributed by atoms with Crippen molar-refractivity contribution in [1.82, 2.24) is 9.78 Å². The molecule has 1 atom stereocenters. The fourth-order valence-electron chi connectivity index (χ4n) is 2.20. The molecule has 0 radical (unpaired) electrons. The summed E-state index contributed by atoms with van der Waals surface area (Å²) < 4.78 is 6.75. The zero-order chi connectivity index (χ0) is 16.4. The van der Waals surface area contributed by atoms with Crippen molar-refractivity contribution in [2.75, 3.05) is 0 Å². The van der Waals surface area contributed by atoms with E-state index in [1.165, 1.54) is 6.92 Å². The highest BCUT2D eigenvalue weighted by atomic mass is 16.5. The van der Waals surface area contributed by atoms with Crippen LogP contribution in [0.25, 0.3) is 16.6 Å². The zero-order valence-electron chi connectivity index (χ0n) is 12.5. The number of hydrogen-bond acceptors (Lipinski definition) is 4. The fourth-order valence-corrected chi connectivity index (χ4v) is 2.20. The maximum absolute atomic E-state index is 11.9. The number of benzene rings is 2. The molecule has 0 aliphatic rings. The van der Waals surface area contributed by atoms with E-state index < -0.39 is 18.0 Å². The van der Waals surface area contributed by atoms with Gasteiger partial charge in [-0.3, -0.25) is 4.79 Å². The van der Waals surface area contributed by atoms with Crippen LogP contribution in [0.15, 0.2) is 54.7 Å². The SMILES string of the molecule is CC(OC(=O)c1ccc(-n2ncc3ccccc32)cc1)C(N)=O. The molecule has 2 N–H and O–H groups in total. The molecule has 1 unspecified atom stereocenters. The number of nitrogens with zero attached hydrogens (tertiary/aromatic N) is 2. The Hall–Kier alpha value is -3.15. The van der Waals surface area contributed by atoms with Gasteiger partial charge in [0.1, 0.15) is 0 Å². The first-order valence-corrected chi connectivity index (χ1v) is 7.10. The lowest BCUT2D eigenvalue weighted by Gasteiger charge is -2.10. The molecule has 0 aliphatic carbocycles. The van der Waals surface area contributed by atoms with E-state index in [2.05, 4.69) is 5.10 Å². The first-order valence-electron chi connectivity index (χ1n) is 7.10. The number of esters is 1. The van der Waals surface area contributed by atoms with Crippen LogP contribution in [0.2, 0.25) is 0 Å². The largest absolute Gasteiger partial charge is 0.449 e. The Morgan fingerprint density at radius 1 is 1.13 bits per heavy atom. The molecule has 3 aromatic rings. The number of nitrogens with two attached hydrogens (primary N) is 1. The Bertz CT molecular complexity index is 868. The summed E-state index contributed by atoms with van der Waals surface area (Å²) in [5.74, 6) is -1.27. The van der Waals surface area contributed by atoms with E-state index in [0.29, 0.717) is 5.56 Å². The van der Waals surface area contributed by atoms with Gasteiger partial charge in [0.25, 0.3) is 5.91 Å². The maximum atomic E-state index is 11.9. The zero-order valence-corrected chi connectivity index (χ0v) is 12.5. The highest BCUT2D eigenvalue weighted by molar-refractivity contribution is 5.92. The molecule has 0 aliphatic heterocycles. The summed E-state index contributed by atoms with van der Waals surface area (Å²) in [4.78, 5) is 22.9. The van der Waals surface area contributed by atoms with Gasteiger partial charge in [0, 0.05) is 5.39 Å². The molecule has 23 heavy (non-hydrogen) atoms. The van der Waals surface area contributed by atoms with E-state index in [9.17, 15) is 9.59 Å². The molecular formula is C17H15N3O3. The van der Waals surface area contributed by atoms with E-state index >= 15 is 0 Å². The molecule has 3 rings (SSSR count). The van der Waals surface area contributed by atoms with E-state index in [-0.39, 0.29) is 0 Å². The van der Waals surface area contributed by atoms with Gasteiger partial charge in [-0.25, -0.2) is 9.48 Å². The van der Waals surface area contributed by atoms with Crippen LogP contribution in [0.4, 0.5) is 0 Å². The van der Waals surface area contributed by atoms with Crippen molar-refractivity contribution < 1.29 is 14.3 Å². The standard InChI is InChI=1S/C17H15N3O3/c1-11(16(18)21)23-17(22)12-6-8-14(9-7-12)20-15-5-3-2-4-13(15)10-19-20/h2-11H,1H3,(H2,18,21). The van der Waals surface area contributed by atoms with Gasteiger partial charge in [0.15, 0.2) is 6.10 Å². The van der Waals surface area contributed by atoms with Crippen LogP contribution in [0, 0.1) is 0 Å². The third-order valence-corrected chi connectivity index (χ3v) is 3.51. The third-order valence-electron chi connectivity index (χ3n) is 3.51. The molecule has 1 amide bonds. The summed E-state index contributed by atoms with van der Waals surface area (Å²) in [6.45, 7) is 1.44. The number of aromatic nitrogens is 2. The average Bonchev–Trinajstić information content (AvgIpc) is 2.99. The van der Waals surface area contributed by atoms with Gasteiger partial charge in [-0.15, -0.1) is 0 Å². The lowest BCUT2D eigenvalue weighted by Crippen LogP contribution is -2.30. The predicted octanol–water partition coefficient (Wildman–Crippen LogP) is 2.06. The van der Waals surface area contributed by atoms with Gasteiger partial charge in [-0.05, 0) is 37.3 Å². The summed E-state index contributed by atoms with van der Waals surface area (Å²) in [7, 11) is 0. The molecule has 2 aromatic carbocycles. The number of carbonyl (C=O) groups excluding carboxylic acids is 2. The van der Waals surface area contributed by atoms with Crippen LogP contribution in [0.3, 0.4) is 0 Å². The minimum Gasteiger partial charge on any atom is -0.449 e. The van der Waals surface area contributed by atoms with E-state index in [0.717, 1.165) is 16.6 Å². The van der Waals surface area contributed by atoms with Crippen molar-refractivity contribution in [2.45, 2.75) is 13.0 Å². The highest BCUT2D eigenvalue weighted by Crippen LogP contribution is 2.18. The van der Waals surface area contributed by atoms with Gasteiger partial charge in [0.2, 0.25) is 0 Å². The first kappa shape index (κ1) is 14.8. The van der Waals surface area contributed by atoms with Gasteiger partial charge in [-0.2, -0.15) is 5.10 Å². The number of fused-ring (bicyclic) bond motifs is 1. The van der Waals surface area contributed by atoms with E-state index in [4.69, 9.17) is 10.5 Å². The molecule has 0 saturated carbocycles. The molecule has 0 saturated heterocycles. The molecule has 6 nitrogen and oxygen atoms in total. The molecule has 0 spiro atoms. The number of amides is 1. The minimum atomic E-state index is -0.961. The second-order valence-corrected chi connectivity index (χ2v) is 5.11. The number of rotatable bonds is 4. The smallest absolute Gasteiger partial charge is 0.338 e. The van der Waals surface area contributed by atoms with Crippen LogP contribution < -0.4 is 5.73 Å². The van der Waals surface area contributed by atoms with E-state index in [1.54, 1.807) is 35.1 Å². The van der Waals surface area contributed by atoms with Crippen molar-refractivity contribution in [3.63, 3.8) is 0 Å². The fraction of sp³-hybridized carbons (Fsp3) is 0.118. The van der Waals surface area contributed by atoms with Crippen LogP contribution in [0.5, 0.6) is 0 Å². The summed E-state index contributed by atoms with van der Waals surface area (Å²) in [5, 5.41) is 5.38. The summed E-state index contributed by atoms with van der Waals surface area (Å²) in [6, 6.07) is 14.6. The lowest BCUT2D eigenvalue weighted by atomic mass is 10.2. The van der Waals surface area contributed by atoms with Crippen LogP contribution >= 0.6 is 0 Å². The van der Waals surface area contributed by atoms with Crippen LogP contribution in [-0.4, -0.2) is 27.8 Å². The van der Waals surface area contributed by atoms with Crippen molar-refractivity contribution in [3.05, 3.63) is 60.3 Å². The first-order chi connectivity index (χ1) is 11.1. The predicted molar refractivity (Wildman–Crippen MR) is 85.1 cm³/mol. The average molecular weight is 309 g/mol. The molecule has 1 aromatic heterocycles. The maximum Gasteiger partial charge on any atom is 0.338 e. The normalized spacial score (nSPS) is 12.0. The van der Waals surface area contributed by atoms with Gasteiger partial charge < -0.3 is 10.5 Å². The topological polar surface area (TPSA) is 87.2 Å². The Morgan fingerprint density at radius 2 is 1.83 bits per heavy atom. The van der Waals surface area contributed by atoms with Gasteiger partial charge in [0.05, 0.1) is 23.0 Å². The van der Waals surface area contributed by atoms with Crippen LogP contribution in [-0.2, 0) is 9.53 Å². The minimum absolute atomic E-state index is 0.346. The van der Waals surface area contributed by atoms with Gasteiger partial charge in [-0.1, -0.05) is 18.2 Å². The van der Waals surface area contributed by atoms with Crippen molar-refractivity contribution in [1.29, 1.82) is 0 Å². The molecule has 0 bridgehead atoms. The van der Waals surface area contributed by atoms with Crippen molar-refractivity contribution in [3.8, 4) is 5.69 Å². The number of para-hydroxylation sites is 1. The molecule has 1 heterocycles. The molecular weight excluding hydrogens is 294 g/mol. The molecule has 116 valence electrons. The van der Waals surface area contributed by atoms with Crippen molar-refractivity contribution in [2.24, 2.45) is 5.73 Å². The lowest BCUT2D eigenvalue weighted by molar-refractivity contribution is -0.125. The second kappa shape index (κ2) is 5.92. The number of hydrogen-bond donors (Lipinski definition) is 1. The number of primary amides is 1. The van der Waals surface area contributed by atoms with Crippen molar-refractivity contribution >= 4 is 22.8 Å². The Balaban J connectivity index is 1.85. The summed E-state index contributed by atoms with van der Waals surface area (Å²) in [6.07, 6.45) is 0.823.